The molecule has 152 valence electrons. The lowest BCUT2D eigenvalue weighted by Crippen LogP contribution is -2.42. The zero-order chi connectivity index (χ0) is 19.8. The van der Waals surface area contributed by atoms with Crippen LogP contribution < -0.4 is 0 Å². The van der Waals surface area contributed by atoms with Crippen LogP contribution in [0.3, 0.4) is 0 Å². The number of alkyl halides is 3. The molecule has 27 heavy (non-hydrogen) atoms. The average Bonchev–Trinajstić information content (AvgIpc) is 2.97. The van der Waals surface area contributed by atoms with Crippen molar-refractivity contribution in [1.29, 1.82) is 0 Å². The van der Waals surface area contributed by atoms with Gasteiger partial charge in [0.1, 0.15) is 11.6 Å². The predicted molar refractivity (Wildman–Crippen MR) is 86.7 cm³/mol. The highest BCUT2D eigenvalue weighted by atomic mass is 19.4. The van der Waals surface area contributed by atoms with E-state index in [0.717, 1.165) is 12.8 Å². The van der Waals surface area contributed by atoms with Crippen LogP contribution in [0.25, 0.3) is 0 Å². The minimum absolute atomic E-state index is 0.182. The van der Waals surface area contributed by atoms with Crippen LogP contribution in [0.1, 0.15) is 76.6 Å². The maximum atomic E-state index is 12.5. The number of hydrogen-bond donors (Lipinski definition) is 0. The van der Waals surface area contributed by atoms with Crippen molar-refractivity contribution in [3.8, 4) is 0 Å². The number of carbonyl (C=O) groups excluding carboxylic acids is 1. The number of rotatable bonds is 3. The van der Waals surface area contributed by atoms with Crippen molar-refractivity contribution in [3.05, 3.63) is 11.8 Å². The number of piperidine rings is 1. The molecule has 2 aliphatic rings. The van der Waals surface area contributed by atoms with Gasteiger partial charge in [-0.3, -0.25) is 9.64 Å². The predicted octanol–water partition coefficient (Wildman–Crippen LogP) is 4.31. The fourth-order valence-corrected chi connectivity index (χ4v) is 3.33. The van der Waals surface area contributed by atoms with Gasteiger partial charge < -0.3 is 9.15 Å². The lowest BCUT2D eigenvalue weighted by Gasteiger charge is -2.35. The molecule has 7 nitrogen and oxygen atoms in total. The molecule has 2 fully saturated rings. The van der Waals surface area contributed by atoms with Gasteiger partial charge in [0.15, 0.2) is 0 Å². The minimum atomic E-state index is -4.63. The first-order chi connectivity index (χ1) is 12.5. The van der Waals surface area contributed by atoms with Crippen LogP contribution in [0.2, 0.25) is 0 Å². The number of likely N-dealkylation sites (tertiary alicyclic amines) is 1. The standard InChI is InChI=1S/C17H24F3N3O4/c1-16(2,3)27-15(24)23-7-5-4-6-12(23)14-22-21-13(25-14)10-8-11(9-10)26-17(18,19)20/h10-12H,4-9H2,1-3H3/t10-,11+,12-/m1/s1. The molecule has 1 saturated carbocycles. The van der Waals surface area contributed by atoms with Crippen LogP contribution in [0.15, 0.2) is 4.42 Å². The lowest BCUT2D eigenvalue weighted by atomic mass is 9.82. The van der Waals surface area contributed by atoms with Crippen molar-refractivity contribution in [2.24, 2.45) is 0 Å². The number of amides is 1. The number of ether oxygens (including phenoxy) is 2. The van der Waals surface area contributed by atoms with Crippen LogP contribution in [-0.4, -0.2) is 45.8 Å². The Hall–Kier alpha value is -1.84. The van der Waals surface area contributed by atoms with E-state index in [1.54, 1.807) is 25.7 Å². The first kappa shape index (κ1) is 19.9. The second-order valence-corrected chi connectivity index (χ2v) is 8.02. The molecule has 3 rings (SSSR count). The van der Waals surface area contributed by atoms with E-state index >= 15 is 0 Å². The van der Waals surface area contributed by atoms with Crippen molar-refractivity contribution in [1.82, 2.24) is 15.1 Å². The Morgan fingerprint density at radius 2 is 1.81 bits per heavy atom. The normalized spacial score (nSPS) is 26.6. The van der Waals surface area contributed by atoms with E-state index in [0.29, 0.717) is 24.7 Å². The number of aromatic nitrogens is 2. The van der Waals surface area contributed by atoms with E-state index in [2.05, 4.69) is 14.9 Å². The van der Waals surface area contributed by atoms with E-state index in [9.17, 15) is 18.0 Å². The van der Waals surface area contributed by atoms with Crippen molar-refractivity contribution in [2.75, 3.05) is 6.54 Å². The van der Waals surface area contributed by atoms with E-state index in [4.69, 9.17) is 9.15 Å². The Kier molecular flexibility index (Phi) is 5.38. The topological polar surface area (TPSA) is 77.7 Å². The van der Waals surface area contributed by atoms with Gasteiger partial charge in [-0.25, -0.2) is 4.79 Å². The first-order valence-corrected chi connectivity index (χ1v) is 9.09. The highest BCUT2D eigenvalue weighted by molar-refractivity contribution is 5.68. The van der Waals surface area contributed by atoms with Crippen LogP contribution >= 0.6 is 0 Å². The highest BCUT2D eigenvalue weighted by Crippen LogP contribution is 2.41. The summed E-state index contributed by atoms with van der Waals surface area (Å²) in [5, 5.41) is 8.02. The molecule has 1 atom stereocenters. The second-order valence-electron chi connectivity index (χ2n) is 8.02. The van der Waals surface area contributed by atoms with Gasteiger partial charge in [0.2, 0.25) is 11.8 Å². The third-order valence-corrected chi connectivity index (χ3v) is 4.62. The molecule has 0 unspecified atom stereocenters. The van der Waals surface area contributed by atoms with Crippen LogP contribution in [0.4, 0.5) is 18.0 Å². The number of carbonyl (C=O) groups is 1. The highest BCUT2D eigenvalue weighted by Gasteiger charge is 2.43. The molecule has 1 aromatic rings. The summed E-state index contributed by atoms with van der Waals surface area (Å²) in [5.41, 5.74) is -0.613. The molecular formula is C17H24F3N3O4. The molecule has 1 aliphatic heterocycles. The fraction of sp³-hybridized carbons (Fsp3) is 0.824. The summed E-state index contributed by atoms with van der Waals surface area (Å²) in [6.07, 6.45) is -3.14. The third kappa shape index (κ3) is 5.12. The van der Waals surface area contributed by atoms with Gasteiger partial charge in [-0.05, 0) is 52.9 Å². The zero-order valence-corrected chi connectivity index (χ0v) is 15.6. The van der Waals surface area contributed by atoms with Gasteiger partial charge in [-0.15, -0.1) is 23.4 Å². The summed E-state index contributed by atoms with van der Waals surface area (Å²) in [6.45, 7) is 5.92. The smallest absolute Gasteiger partial charge is 0.444 e. The molecule has 10 heteroatoms. The van der Waals surface area contributed by atoms with Gasteiger partial charge in [0, 0.05) is 12.5 Å². The van der Waals surface area contributed by atoms with Crippen LogP contribution in [-0.2, 0) is 9.47 Å². The monoisotopic (exact) mass is 391 g/mol. The Morgan fingerprint density at radius 1 is 1.15 bits per heavy atom. The third-order valence-electron chi connectivity index (χ3n) is 4.62. The van der Waals surface area contributed by atoms with Crippen molar-refractivity contribution >= 4 is 6.09 Å². The Bertz CT molecular complexity index is 665. The van der Waals surface area contributed by atoms with Gasteiger partial charge in [-0.2, -0.15) is 0 Å². The first-order valence-electron chi connectivity index (χ1n) is 9.09. The number of halogens is 3. The van der Waals surface area contributed by atoms with E-state index in [1.807, 2.05) is 0 Å². The summed E-state index contributed by atoms with van der Waals surface area (Å²) < 4.78 is 51.8. The van der Waals surface area contributed by atoms with Gasteiger partial charge >= 0.3 is 12.5 Å². The molecule has 2 heterocycles. The Labute approximate surface area is 155 Å². The van der Waals surface area contributed by atoms with Gasteiger partial charge in [0.05, 0.1) is 6.10 Å². The quantitative estimate of drug-likeness (QED) is 0.764. The van der Waals surface area contributed by atoms with Crippen LogP contribution in [0, 0.1) is 0 Å². The Balaban J connectivity index is 1.63. The van der Waals surface area contributed by atoms with Crippen molar-refractivity contribution < 1.29 is 31.9 Å². The second kappa shape index (κ2) is 7.29. The van der Waals surface area contributed by atoms with E-state index in [-0.39, 0.29) is 24.8 Å². The average molecular weight is 391 g/mol. The lowest BCUT2D eigenvalue weighted by molar-refractivity contribution is -0.352. The molecular weight excluding hydrogens is 367 g/mol. The molecule has 0 radical (unpaired) electrons. The SMILES string of the molecule is CC(C)(C)OC(=O)N1CCCC[C@@H]1c1nnc([C@H]2C[C@@H](OC(F)(F)F)C2)o1. The van der Waals surface area contributed by atoms with Gasteiger partial charge in [-0.1, -0.05) is 0 Å². The summed E-state index contributed by atoms with van der Waals surface area (Å²) in [6, 6.07) is -0.378. The minimum Gasteiger partial charge on any atom is -0.444 e. The van der Waals surface area contributed by atoms with E-state index in [1.165, 1.54) is 0 Å². The molecule has 1 saturated heterocycles. The fourth-order valence-electron chi connectivity index (χ4n) is 3.33. The summed E-state index contributed by atoms with van der Waals surface area (Å²) in [5.74, 6) is 0.342. The molecule has 1 aromatic heterocycles. The Morgan fingerprint density at radius 3 is 2.44 bits per heavy atom. The largest absolute Gasteiger partial charge is 0.522 e. The maximum Gasteiger partial charge on any atom is 0.522 e. The summed E-state index contributed by atoms with van der Waals surface area (Å²) in [4.78, 5) is 14.1. The maximum absolute atomic E-state index is 12.5. The van der Waals surface area contributed by atoms with Crippen molar-refractivity contribution in [3.63, 3.8) is 0 Å². The molecule has 0 spiro atoms. The van der Waals surface area contributed by atoms with Crippen LogP contribution in [0.5, 0.6) is 0 Å². The molecule has 1 amide bonds. The summed E-state index contributed by atoms with van der Waals surface area (Å²) in [7, 11) is 0. The van der Waals surface area contributed by atoms with E-state index < -0.39 is 24.2 Å². The van der Waals surface area contributed by atoms with Crippen molar-refractivity contribution in [2.45, 2.75) is 82.9 Å². The molecule has 0 bridgehead atoms. The molecule has 0 N–H and O–H groups in total. The summed E-state index contributed by atoms with van der Waals surface area (Å²) >= 11 is 0. The van der Waals surface area contributed by atoms with Gasteiger partial charge in [0.25, 0.3) is 0 Å². The molecule has 0 aromatic carbocycles. The zero-order valence-electron chi connectivity index (χ0n) is 15.6. The number of nitrogens with zero attached hydrogens (tertiary/aromatic N) is 3. The number of hydrogen-bond acceptors (Lipinski definition) is 6. The molecule has 1 aliphatic carbocycles.